The van der Waals surface area contributed by atoms with Crippen LogP contribution in [0.3, 0.4) is 0 Å². The van der Waals surface area contributed by atoms with Gasteiger partial charge in [-0.1, -0.05) is 17.3 Å². The van der Waals surface area contributed by atoms with Gasteiger partial charge in [0.1, 0.15) is 5.75 Å². The van der Waals surface area contributed by atoms with Gasteiger partial charge in [0.2, 0.25) is 0 Å². The van der Waals surface area contributed by atoms with E-state index in [0.29, 0.717) is 30.6 Å². The summed E-state index contributed by atoms with van der Waals surface area (Å²) < 4.78 is 21.8. The summed E-state index contributed by atoms with van der Waals surface area (Å²) in [5.74, 6) is 2.51. The molecule has 3 aromatic rings. The third-order valence-corrected chi connectivity index (χ3v) is 4.39. The molecule has 1 saturated heterocycles. The molecular weight excluding hydrogens is 334 g/mol. The molecule has 7 nitrogen and oxygen atoms in total. The zero-order chi connectivity index (χ0) is 17.8. The number of hydrogen-bond acceptors (Lipinski definition) is 7. The summed E-state index contributed by atoms with van der Waals surface area (Å²) in [6, 6.07) is 11.7. The van der Waals surface area contributed by atoms with E-state index in [1.165, 1.54) is 5.56 Å². The number of methoxy groups -OCH3 is 1. The molecule has 0 amide bonds. The minimum atomic E-state index is 0.132. The number of nitrogens with zero attached hydrogens (tertiary/aromatic N) is 3. The smallest absolute Gasteiger partial charge is 0.293 e. The molecule has 1 aromatic carbocycles. The fourth-order valence-corrected chi connectivity index (χ4v) is 3.13. The summed E-state index contributed by atoms with van der Waals surface area (Å²) in [6.45, 7) is 2.99. The summed E-state index contributed by atoms with van der Waals surface area (Å²) in [4.78, 5) is 6.69. The van der Waals surface area contributed by atoms with E-state index in [1.807, 2.05) is 12.1 Å². The second-order valence-electron chi connectivity index (χ2n) is 6.28. The zero-order valence-corrected chi connectivity index (χ0v) is 14.6. The van der Waals surface area contributed by atoms with Crippen LogP contribution in [0.4, 0.5) is 0 Å². The molecular formula is C19H21N3O4. The summed E-state index contributed by atoms with van der Waals surface area (Å²) in [7, 11) is 1.68. The van der Waals surface area contributed by atoms with Crippen molar-refractivity contribution in [2.45, 2.75) is 19.1 Å². The molecule has 3 heterocycles. The lowest BCUT2D eigenvalue weighted by Gasteiger charge is -2.32. The van der Waals surface area contributed by atoms with E-state index in [2.05, 4.69) is 27.2 Å². The highest BCUT2D eigenvalue weighted by Crippen LogP contribution is 2.20. The SMILES string of the molecule is COc1cccc(C[C@@H]2CN(Cc3noc(-c4ccco4)n3)CCO2)c1. The first-order valence-corrected chi connectivity index (χ1v) is 8.63. The average molecular weight is 355 g/mol. The first-order chi connectivity index (χ1) is 12.8. The average Bonchev–Trinajstić information content (AvgIpc) is 3.34. The van der Waals surface area contributed by atoms with Crippen LogP contribution < -0.4 is 4.74 Å². The van der Waals surface area contributed by atoms with Gasteiger partial charge in [-0.15, -0.1) is 0 Å². The van der Waals surface area contributed by atoms with E-state index >= 15 is 0 Å². The maximum absolute atomic E-state index is 5.93. The Morgan fingerprint density at radius 1 is 1.27 bits per heavy atom. The molecule has 0 spiro atoms. The maximum Gasteiger partial charge on any atom is 0.293 e. The lowest BCUT2D eigenvalue weighted by atomic mass is 10.1. The van der Waals surface area contributed by atoms with E-state index in [0.717, 1.165) is 25.3 Å². The Balaban J connectivity index is 1.36. The molecule has 1 fully saturated rings. The van der Waals surface area contributed by atoms with E-state index in [4.69, 9.17) is 18.4 Å². The first kappa shape index (κ1) is 16.8. The Hall–Kier alpha value is -2.64. The minimum Gasteiger partial charge on any atom is -0.497 e. The maximum atomic E-state index is 5.93. The van der Waals surface area contributed by atoms with E-state index in [1.54, 1.807) is 25.5 Å². The highest BCUT2D eigenvalue weighted by Gasteiger charge is 2.23. The van der Waals surface area contributed by atoms with Gasteiger partial charge in [0.15, 0.2) is 11.6 Å². The van der Waals surface area contributed by atoms with E-state index in [9.17, 15) is 0 Å². The molecule has 0 radical (unpaired) electrons. The molecule has 7 heteroatoms. The van der Waals surface area contributed by atoms with Gasteiger partial charge in [0.25, 0.3) is 5.89 Å². The number of furan rings is 1. The molecule has 0 aliphatic carbocycles. The highest BCUT2D eigenvalue weighted by molar-refractivity contribution is 5.42. The molecule has 1 atom stereocenters. The number of benzene rings is 1. The molecule has 0 N–H and O–H groups in total. The predicted molar refractivity (Wildman–Crippen MR) is 93.7 cm³/mol. The van der Waals surface area contributed by atoms with Crippen molar-refractivity contribution in [3.8, 4) is 17.4 Å². The van der Waals surface area contributed by atoms with E-state index < -0.39 is 0 Å². The third kappa shape index (κ3) is 3.95. The molecule has 0 bridgehead atoms. The second-order valence-corrected chi connectivity index (χ2v) is 6.28. The van der Waals surface area contributed by atoms with Crippen LogP contribution in [0.15, 0.2) is 51.6 Å². The molecule has 4 rings (SSSR count). The van der Waals surface area contributed by atoms with Crippen molar-refractivity contribution in [1.29, 1.82) is 0 Å². The lowest BCUT2D eigenvalue weighted by molar-refractivity contribution is -0.0314. The Morgan fingerprint density at radius 3 is 3.08 bits per heavy atom. The molecule has 0 unspecified atom stereocenters. The number of morpholine rings is 1. The molecule has 2 aromatic heterocycles. The Morgan fingerprint density at radius 2 is 2.23 bits per heavy atom. The van der Waals surface area contributed by atoms with Crippen molar-refractivity contribution in [1.82, 2.24) is 15.0 Å². The minimum absolute atomic E-state index is 0.132. The number of rotatable bonds is 6. The van der Waals surface area contributed by atoms with Crippen LogP contribution in [-0.2, 0) is 17.7 Å². The van der Waals surface area contributed by atoms with Gasteiger partial charge in [0, 0.05) is 19.5 Å². The van der Waals surface area contributed by atoms with Gasteiger partial charge < -0.3 is 18.4 Å². The Bertz CT molecular complexity index is 831. The predicted octanol–water partition coefficient (Wildman–Crippen LogP) is 2.78. The molecule has 0 saturated carbocycles. The van der Waals surface area contributed by atoms with E-state index in [-0.39, 0.29) is 6.10 Å². The van der Waals surface area contributed by atoms with Crippen molar-refractivity contribution in [2.75, 3.05) is 26.8 Å². The highest BCUT2D eigenvalue weighted by atomic mass is 16.5. The quantitative estimate of drug-likeness (QED) is 0.673. The molecule has 1 aliphatic rings. The molecule has 136 valence electrons. The fourth-order valence-electron chi connectivity index (χ4n) is 3.13. The normalized spacial score (nSPS) is 18.1. The Labute approximate surface area is 151 Å². The van der Waals surface area contributed by atoms with Crippen LogP contribution in [0.2, 0.25) is 0 Å². The van der Waals surface area contributed by atoms with Gasteiger partial charge in [0.05, 0.1) is 32.6 Å². The van der Waals surface area contributed by atoms with Crippen molar-refractivity contribution in [3.63, 3.8) is 0 Å². The number of hydrogen-bond donors (Lipinski definition) is 0. The summed E-state index contributed by atoms with van der Waals surface area (Å²) >= 11 is 0. The Kier molecular flexibility index (Phi) is 4.99. The summed E-state index contributed by atoms with van der Waals surface area (Å²) in [5, 5.41) is 4.05. The lowest BCUT2D eigenvalue weighted by Crippen LogP contribution is -2.43. The van der Waals surface area contributed by atoms with Gasteiger partial charge in [-0.25, -0.2) is 0 Å². The first-order valence-electron chi connectivity index (χ1n) is 8.63. The summed E-state index contributed by atoms with van der Waals surface area (Å²) in [6.07, 6.45) is 2.56. The monoisotopic (exact) mass is 355 g/mol. The number of aromatic nitrogens is 2. The number of ether oxygens (including phenoxy) is 2. The molecule has 26 heavy (non-hydrogen) atoms. The second kappa shape index (κ2) is 7.72. The van der Waals surface area contributed by atoms with Crippen molar-refractivity contribution >= 4 is 0 Å². The van der Waals surface area contributed by atoms with Crippen LogP contribution in [0.25, 0.3) is 11.7 Å². The van der Waals surface area contributed by atoms with Gasteiger partial charge in [-0.05, 0) is 29.8 Å². The van der Waals surface area contributed by atoms with Crippen molar-refractivity contribution in [2.24, 2.45) is 0 Å². The van der Waals surface area contributed by atoms with Crippen LogP contribution in [-0.4, -0.2) is 48.0 Å². The van der Waals surface area contributed by atoms with Crippen molar-refractivity contribution in [3.05, 3.63) is 54.0 Å². The van der Waals surface area contributed by atoms with Gasteiger partial charge in [-0.3, -0.25) is 4.90 Å². The van der Waals surface area contributed by atoms with Crippen molar-refractivity contribution < 1.29 is 18.4 Å². The topological polar surface area (TPSA) is 73.8 Å². The van der Waals surface area contributed by atoms with Crippen LogP contribution >= 0.6 is 0 Å². The van der Waals surface area contributed by atoms with Gasteiger partial charge >= 0.3 is 0 Å². The van der Waals surface area contributed by atoms with Gasteiger partial charge in [-0.2, -0.15) is 4.98 Å². The zero-order valence-electron chi connectivity index (χ0n) is 14.6. The largest absolute Gasteiger partial charge is 0.497 e. The third-order valence-electron chi connectivity index (χ3n) is 4.39. The molecule has 1 aliphatic heterocycles. The van der Waals surface area contributed by atoms with Crippen LogP contribution in [0.1, 0.15) is 11.4 Å². The fraction of sp³-hybridized carbons (Fsp3) is 0.368. The summed E-state index contributed by atoms with van der Waals surface area (Å²) in [5.41, 5.74) is 1.20. The van der Waals surface area contributed by atoms with Crippen LogP contribution in [0, 0.1) is 0 Å². The van der Waals surface area contributed by atoms with Crippen LogP contribution in [0.5, 0.6) is 5.75 Å². The standard InChI is InChI=1S/C19H21N3O4/c1-23-15-5-2-4-14(10-15)11-16-12-22(7-9-24-16)13-18-20-19(26-21-18)17-6-3-8-25-17/h2-6,8,10,16H,7,9,11-13H2,1H3/t16-/m1/s1.